The lowest BCUT2D eigenvalue weighted by molar-refractivity contribution is -0.120. The van der Waals surface area contributed by atoms with Crippen LogP contribution in [0.15, 0.2) is 16.8 Å². The molecule has 0 fully saturated rings. The average Bonchev–Trinajstić information content (AvgIpc) is 2.96. The van der Waals surface area contributed by atoms with Crippen LogP contribution in [0.4, 0.5) is 0 Å². The molecule has 1 aromatic heterocycles. The predicted octanol–water partition coefficient (Wildman–Crippen LogP) is 2.92. The minimum atomic E-state index is -0.220. The number of nitrogens with zero attached hydrogens (tertiary/aromatic N) is 4. The molecular weight excluding hydrogens is 310 g/mol. The fraction of sp³-hybridized carbons (Fsp3) is 0.750. The van der Waals surface area contributed by atoms with Gasteiger partial charge in [0.2, 0.25) is 11.1 Å². The van der Waals surface area contributed by atoms with Gasteiger partial charge in [0.1, 0.15) is 0 Å². The Balaban J connectivity index is 1.81. The zero-order valence-corrected chi connectivity index (χ0v) is 15.3. The molecule has 0 aromatic carbocycles. The molecule has 0 saturated carbocycles. The number of allylic oxidation sites excluding steroid dienone is 1. The van der Waals surface area contributed by atoms with Gasteiger partial charge in [0, 0.05) is 6.54 Å². The number of rotatable bonds is 6. The van der Waals surface area contributed by atoms with Gasteiger partial charge in [-0.05, 0) is 70.2 Å². The van der Waals surface area contributed by atoms with E-state index in [0.29, 0.717) is 11.7 Å². The Morgan fingerprint density at radius 2 is 2.22 bits per heavy atom. The molecule has 0 spiro atoms. The first-order valence-corrected chi connectivity index (χ1v) is 9.17. The molecule has 1 N–H and O–H groups in total. The van der Waals surface area contributed by atoms with Crippen molar-refractivity contribution >= 4 is 17.7 Å². The zero-order valence-electron chi connectivity index (χ0n) is 14.5. The number of amides is 1. The van der Waals surface area contributed by atoms with Crippen molar-refractivity contribution in [3.63, 3.8) is 0 Å². The van der Waals surface area contributed by atoms with Crippen LogP contribution in [0.2, 0.25) is 0 Å². The number of carbonyl (C=O) groups is 1. The van der Waals surface area contributed by atoms with E-state index < -0.39 is 0 Å². The summed E-state index contributed by atoms with van der Waals surface area (Å²) in [4.78, 5) is 12.2. The van der Waals surface area contributed by atoms with Crippen LogP contribution in [-0.4, -0.2) is 37.9 Å². The Morgan fingerprint density at radius 3 is 2.87 bits per heavy atom. The first-order chi connectivity index (χ1) is 10.9. The highest BCUT2D eigenvalue weighted by Crippen LogP contribution is 2.25. The Bertz CT molecular complexity index is 561. The van der Waals surface area contributed by atoms with Crippen LogP contribution in [0.25, 0.3) is 0 Å². The molecule has 0 saturated heterocycles. The van der Waals surface area contributed by atoms with Crippen molar-refractivity contribution in [1.29, 1.82) is 0 Å². The Labute approximate surface area is 142 Å². The zero-order chi connectivity index (χ0) is 16.9. The molecule has 6 nitrogen and oxygen atoms in total. The standard InChI is InChI=1S/C16H27N5OS/c1-12(23-15-18-19-20-21(15)16(2,3)4)14(22)17-11-10-13-8-6-5-7-9-13/h8,12H,5-7,9-11H2,1-4H3,(H,17,22)/t12-/m1/s1. The molecule has 1 aliphatic carbocycles. The quantitative estimate of drug-likeness (QED) is 0.638. The Morgan fingerprint density at radius 1 is 1.43 bits per heavy atom. The van der Waals surface area contributed by atoms with Crippen LogP contribution in [0.1, 0.15) is 59.8 Å². The van der Waals surface area contributed by atoms with Gasteiger partial charge in [-0.15, -0.1) is 5.10 Å². The van der Waals surface area contributed by atoms with Gasteiger partial charge in [0.15, 0.2) is 0 Å². The number of aromatic nitrogens is 4. The first-order valence-electron chi connectivity index (χ1n) is 8.29. The predicted molar refractivity (Wildman–Crippen MR) is 92.3 cm³/mol. The number of nitrogens with one attached hydrogen (secondary N) is 1. The normalized spacial score (nSPS) is 16.8. The summed E-state index contributed by atoms with van der Waals surface area (Å²) < 4.78 is 1.76. The van der Waals surface area contributed by atoms with Crippen LogP contribution in [0.3, 0.4) is 0 Å². The molecule has 1 aliphatic rings. The summed E-state index contributed by atoms with van der Waals surface area (Å²) in [5.41, 5.74) is 1.28. The number of carbonyl (C=O) groups excluding carboxylic acids is 1. The lowest BCUT2D eigenvalue weighted by atomic mass is 9.97. The fourth-order valence-electron chi connectivity index (χ4n) is 2.51. The maximum atomic E-state index is 12.2. The van der Waals surface area contributed by atoms with E-state index in [1.807, 2.05) is 27.7 Å². The van der Waals surface area contributed by atoms with Gasteiger partial charge in [-0.3, -0.25) is 4.79 Å². The molecule has 0 radical (unpaired) electrons. The molecule has 1 atom stereocenters. The summed E-state index contributed by atoms with van der Waals surface area (Å²) >= 11 is 1.40. The molecule has 2 rings (SSSR count). The highest BCUT2D eigenvalue weighted by Gasteiger charge is 2.23. The van der Waals surface area contributed by atoms with Gasteiger partial charge >= 0.3 is 0 Å². The van der Waals surface area contributed by atoms with Gasteiger partial charge in [-0.1, -0.05) is 23.4 Å². The molecule has 1 heterocycles. The molecule has 1 aromatic rings. The van der Waals surface area contributed by atoms with Crippen LogP contribution < -0.4 is 5.32 Å². The van der Waals surface area contributed by atoms with Crippen molar-refractivity contribution in [2.45, 2.75) is 75.7 Å². The molecular formula is C16H27N5OS. The molecule has 0 unspecified atom stereocenters. The third-order valence-electron chi connectivity index (χ3n) is 3.86. The summed E-state index contributed by atoms with van der Waals surface area (Å²) in [6.07, 6.45) is 8.23. The molecule has 1 amide bonds. The van der Waals surface area contributed by atoms with Crippen LogP contribution in [0, 0.1) is 0 Å². The van der Waals surface area contributed by atoms with Crippen LogP contribution >= 0.6 is 11.8 Å². The summed E-state index contributed by atoms with van der Waals surface area (Å²) in [6, 6.07) is 0. The van der Waals surface area contributed by atoms with Crippen molar-refractivity contribution < 1.29 is 4.79 Å². The second-order valence-electron chi connectivity index (χ2n) is 6.95. The SMILES string of the molecule is C[C@@H](Sc1nnnn1C(C)(C)C)C(=O)NCCC1=CCCCC1. The maximum absolute atomic E-state index is 12.2. The van der Waals surface area contributed by atoms with Crippen molar-refractivity contribution in [3.05, 3.63) is 11.6 Å². The van der Waals surface area contributed by atoms with E-state index >= 15 is 0 Å². The smallest absolute Gasteiger partial charge is 0.233 e. The highest BCUT2D eigenvalue weighted by molar-refractivity contribution is 8.00. The molecule has 23 heavy (non-hydrogen) atoms. The highest BCUT2D eigenvalue weighted by atomic mass is 32.2. The van der Waals surface area contributed by atoms with E-state index in [1.54, 1.807) is 4.68 Å². The minimum absolute atomic E-state index is 0.0369. The lowest BCUT2D eigenvalue weighted by Crippen LogP contribution is -2.32. The van der Waals surface area contributed by atoms with E-state index in [0.717, 1.165) is 6.42 Å². The molecule has 128 valence electrons. The third kappa shape index (κ3) is 5.34. The second-order valence-corrected chi connectivity index (χ2v) is 8.26. The fourth-order valence-corrected chi connectivity index (χ4v) is 3.51. The Kier molecular flexibility index (Phi) is 6.21. The Hall–Kier alpha value is -1.37. The molecule has 0 aliphatic heterocycles. The van der Waals surface area contributed by atoms with Gasteiger partial charge in [-0.25, -0.2) is 4.68 Å². The largest absolute Gasteiger partial charge is 0.355 e. The first kappa shape index (κ1) is 18.0. The van der Waals surface area contributed by atoms with E-state index in [1.165, 1.54) is 43.0 Å². The van der Waals surface area contributed by atoms with Gasteiger partial charge in [-0.2, -0.15) is 0 Å². The van der Waals surface area contributed by atoms with Crippen molar-refractivity contribution in [2.24, 2.45) is 0 Å². The maximum Gasteiger partial charge on any atom is 0.233 e. The summed E-state index contributed by atoms with van der Waals surface area (Å²) in [6.45, 7) is 8.71. The number of tetrazole rings is 1. The molecule has 7 heteroatoms. The van der Waals surface area contributed by atoms with Gasteiger partial charge in [0.25, 0.3) is 0 Å². The minimum Gasteiger partial charge on any atom is -0.355 e. The molecule has 0 bridgehead atoms. The van der Waals surface area contributed by atoms with Crippen molar-refractivity contribution in [2.75, 3.05) is 6.54 Å². The van der Waals surface area contributed by atoms with Gasteiger partial charge < -0.3 is 5.32 Å². The number of hydrogen-bond donors (Lipinski definition) is 1. The van der Waals surface area contributed by atoms with E-state index in [-0.39, 0.29) is 16.7 Å². The van der Waals surface area contributed by atoms with Crippen molar-refractivity contribution in [3.8, 4) is 0 Å². The lowest BCUT2D eigenvalue weighted by Gasteiger charge is -2.20. The summed E-state index contributed by atoms with van der Waals surface area (Å²) in [5, 5.41) is 15.3. The van der Waals surface area contributed by atoms with E-state index in [9.17, 15) is 4.79 Å². The van der Waals surface area contributed by atoms with Crippen molar-refractivity contribution in [1.82, 2.24) is 25.5 Å². The van der Waals surface area contributed by atoms with E-state index in [2.05, 4.69) is 26.9 Å². The summed E-state index contributed by atoms with van der Waals surface area (Å²) in [7, 11) is 0. The summed E-state index contributed by atoms with van der Waals surface area (Å²) in [5.74, 6) is 0.0369. The average molecular weight is 337 g/mol. The van der Waals surface area contributed by atoms with Crippen LogP contribution in [-0.2, 0) is 10.3 Å². The van der Waals surface area contributed by atoms with Gasteiger partial charge in [0.05, 0.1) is 10.8 Å². The van der Waals surface area contributed by atoms with E-state index in [4.69, 9.17) is 0 Å². The third-order valence-corrected chi connectivity index (χ3v) is 4.89. The second kappa shape index (κ2) is 7.95. The van der Waals surface area contributed by atoms with Crippen LogP contribution in [0.5, 0.6) is 0 Å². The topological polar surface area (TPSA) is 72.7 Å². The number of hydrogen-bond acceptors (Lipinski definition) is 5. The monoisotopic (exact) mass is 337 g/mol. The number of thioether (sulfide) groups is 1.